The number of halogens is 5. The minimum atomic E-state index is -5.08. The Balaban J connectivity index is 1.83. The first-order valence-electron chi connectivity index (χ1n) is 8.98. The summed E-state index contributed by atoms with van der Waals surface area (Å²) < 4.78 is 65.1. The van der Waals surface area contributed by atoms with Crippen LogP contribution in [0.4, 0.5) is 22.0 Å². The van der Waals surface area contributed by atoms with Gasteiger partial charge < -0.3 is 0 Å². The Bertz CT molecular complexity index is 876. The van der Waals surface area contributed by atoms with Crippen molar-refractivity contribution >= 4 is 0 Å². The molecule has 0 amide bonds. The molecule has 0 saturated heterocycles. The highest BCUT2D eigenvalue weighted by molar-refractivity contribution is 5.47. The van der Waals surface area contributed by atoms with E-state index in [1.165, 1.54) is 24.0 Å². The summed E-state index contributed by atoms with van der Waals surface area (Å²) in [7, 11) is 0. The Kier molecular flexibility index (Phi) is 5.55. The molecule has 0 saturated carbocycles. The highest BCUT2D eigenvalue weighted by Gasteiger charge is 2.37. The third-order valence-corrected chi connectivity index (χ3v) is 4.91. The maximum atomic E-state index is 13.6. The molecule has 2 aromatic carbocycles. The van der Waals surface area contributed by atoms with Gasteiger partial charge in [0, 0.05) is 11.1 Å². The molecule has 3 rings (SSSR count). The van der Waals surface area contributed by atoms with Gasteiger partial charge in [0.05, 0.1) is 0 Å². The van der Waals surface area contributed by atoms with Crippen molar-refractivity contribution in [1.29, 1.82) is 0 Å². The second-order valence-electron chi connectivity index (χ2n) is 6.94. The van der Waals surface area contributed by atoms with Crippen LogP contribution in [0.1, 0.15) is 54.0 Å². The van der Waals surface area contributed by atoms with Gasteiger partial charge >= 0.3 is 6.18 Å². The molecule has 1 aliphatic carbocycles. The largest absolute Gasteiger partial charge is 0.422 e. The highest BCUT2D eigenvalue weighted by atomic mass is 19.4. The van der Waals surface area contributed by atoms with Gasteiger partial charge in [-0.05, 0) is 60.6 Å². The van der Waals surface area contributed by atoms with Crippen LogP contribution in [0.15, 0.2) is 30.3 Å². The monoisotopic (exact) mass is 378 g/mol. The first kappa shape index (κ1) is 19.4. The summed E-state index contributed by atoms with van der Waals surface area (Å²) in [5.41, 5.74) is 1.20. The molecule has 1 aliphatic rings. The molecule has 0 radical (unpaired) electrons. The molecule has 2 aromatic rings. The SMILES string of the molecule is CCCC1CCc2cc(C#Cc3cc(F)c(C(F)(F)F)c(F)c3)ccc2C1. The zero-order valence-corrected chi connectivity index (χ0v) is 14.9. The van der Waals surface area contributed by atoms with Crippen LogP contribution < -0.4 is 0 Å². The molecule has 27 heavy (non-hydrogen) atoms. The summed E-state index contributed by atoms with van der Waals surface area (Å²) in [4.78, 5) is 0. The molecule has 0 heterocycles. The molecule has 0 bridgehead atoms. The zero-order chi connectivity index (χ0) is 19.6. The van der Waals surface area contributed by atoms with Crippen molar-refractivity contribution < 1.29 is 22.0 Å². The average molecular weight is 378 g/mol. The van der Waals surface area contributed by atoms with E-state index in [0.29, 0.717) is 23.6 Å². The molecule has 0 aliphatic heterocycles. The fourth-order valence-electron chi connectivity index (χ4n) is 3.62. The number of rotatable bonds is 2. The highest BCUT2D eigenvalue weighted by Crippen LogP contribution is 2.34. The van der Waals surface area contributed by atoms with E-state index in [-0.39, 0.29) is 5.56 Å². The minimum absolute atomic E-state index is 0.126. The lowest BCUT2D eigenvalue weighted by molar-refractivity contribution is -0.142. The number of hydrogen-bond donors (Lipinski definition) is 0. The van der Waals surface area contributed by atoms with Crippen LogP contribution in [0.25, 0.3) is 0 Å². The zero-order valence-electron chi connectivity index (χ0n) is 14.9. The Hall–Kier alpha value is -2.35. The fourth-order valence-corrected chi connectivity index (χ4v) is 3.62. The van der Waals surface area contributed by atoms with E-state index in [2.05, 4.69) is 18.8 Å². The second kappa shape index (κ2) is 7.72. The van der Waals surface area contributed by atoms with Crippen LogP contribution >= 0.6 is 0 Å². The van der Waals surface area contributed by atoms with Crippen LogP contribution in [0, 0.1) is 29.4 Å². The van der Waals surface area contributed by atoms with Gasteiger partial charge in [0.2, 0.25) is 0 Å². The van der Waals surface area contributed by atoms with Gasteiger partial charge in [-0.1, -0.05) is 37.7 Å². The summed E-state index contributed by atoms with van der Waals surface area (Å²) in [6, 6.07) is 7.06. The van der Waals surface area contributed by atoms with Gasteiger partial charge in [0.1, 0.15) is 17.2 Å². The van der Waals surface area contributed by atoms with Crippen LogP contribution in [-0.2, 0) is 19.0 Å². The average Bonchev–Trinajstić information content (AvgIpc) is 2.58. The molecule has 0 aromatic heterocycles. The van der Waals surface area contributed by atoms with E-state index in [1.807, 2.05) is 18.2 Å². The van der Waals surface area contributed by atoms with Crippen molar-refractivity contribution in [2.24, 2.45) is 5.92 Å². The minimum Gasteiger partial charge on any atom is -0.206 e. The van der Waals surface area contributed by atoms with E-state index in [9.17, 15) is 22.0 Å². The van der Waals surface area contributed by atoms with Crippen molar-refractivity contribution in [3.05, 3.63) is 69.8 Å². The van der Waals surface area contributed by atoms with Gasteiger partial charge in [-0.25, -0.2) is 8.78 Å². The number of hydrogen-bond acceptors (Lipinski definition) is 0. The lowest BCUT2D eigenvalue weighted by Gasteiger charge is -2.24. The molecule has 0 N–H and O–H groups in total. The van der Waals surface area contributed by atoms with Crippen molar-refractivity contribution in [1.82, 2.24) is 0 Å². The first-order chi connectivity index (χ1) is 12.8. The molecule has 0 spiro atoms. The number of benzene rings is 2. The number of alkyl halides is 3. The number of aryl methyl sites for hydroxylation is 1. The topological polar surface area (TPSA) is 0 Å². The lowest BCUT2D eigenvalue weighted by Crippen LogP contribution is -2.14. The third kappa shape index (κ3) is 4.50. The van der Waals surface area contributed by atoms with Gasteiger partial charge in [-0.15, -0.1) is 0 Å². The predicted molar refractivity (Wildman–Crippen MR) is 94.2 cm³/mol. The number of fused-ring (bicyclic) bond motifs is 1. The van der Waals surface area contributed by atoms with Crippen molar-refractivity contribution in [2.45, 2.75) is 45.2 Å². The Morgan fingerprint density at radius 3 is 2.26 bits per heavy atom. The lowest BCUT2D eigenvalue weighted by atomic mass is 9.81. The maximum Gasteiger partial charge on any atom is 0.422 e. The van der Waals surface area contributed by atoms with Crippen molar-refractivity contribution in [3.63, 3.8) is 0 Å². The predicted octanol–water partition coefficient (Wildman–Crippen LogP) is 6.29. The van der Waals surface area contributed by atoms with Crippen molar-refractivity contribution in [3.8, 4) is 11.8 Å². The summed E-state index contributed by atoms with van der Waals surface area (Å²) in [5, 5.41) is 0. The third-order valence-electron chi connectivity index (χ3n) is 4.91. The van der Waals surface area contributed by atoms with Gasteiger partial charge in [-0.3, -0.25) is 0 Å². The van der Waals surface area contributed by atoms with Crippen LogP contribution in [0.2, 0.25) is 0 Å². The van der Waals surface area contributed by atoms with E-state index in [4.69, 9.17) is 0 Å². The Morgan fingerprint density at radius 1 is 0.963 bits per heavy atom. The summed E-state index contributed by atoms with van der Waals surface area (Å²) >= 11 is 0. The van der Waals surface area contributed by atoms with Crippen molar-refractivity contribution in [2.75, 3.05) is 0 Å². The summed E-state index contributed by atoms with van der Waals surface area (Å²) in [6.07, 6.45) is 0.461. The van der Waals surface area contributed by atoms with Crippen LogP contribution in [0.3, 0.4) is 0 Å². The van der Waals surface area contributed by atoms with Gasteiger partial charge in [-0.2, -0.15) is 13.2 Å². The Labute approximate surface area is 155 Å². The molecular weight excluding hydrogens is 359 g/mol. The molecule has 0 nitrogen and oxygen atoms in total. The normalized spacial score (nSPS) is 16.4. The fraction of sp³-hybridized carbons (Fsp3) is 0.364. The Morgan fingerprint density at radius 2 is 1.63 bits per heavy atom. The molecule has 1 unspecified atom stereocenters. The van der Waals surface area contributed by atoms with Gasteiger partial charge in [0.25, 0.3) is 0 Å². The van der Waals surface area contributed by atoms with E-state index in [1.54, 1.807) is 0 Å². The molecule has 0 fully saturated rings. The second-order valence-corrected chi connectivity index (χ2v) is 6.94. The first-order valence-corrected chi connectivity index (χ1v) is 8.98. The standard InChI is InChI=1S/C22H19F5/c1-2-3-14-6-8-18-11-15(7-9-17(18)10-14)4-5-16-12-19(23)21(20(24)13-16)22(25,26)27/h7,9,11-14H,2-3,6,8,10H2,1H3. The molecule has 142 valence electrons. The van der Waals surface area contributed by atoms with E-state index < -0.39 is 23.4 Å². The quantitative estimate of drug-likeness (QED) is 0.426. The maximum absolute atomic E-state index is 13.6. The van der Waals surface area contributed by atoms with Crippen LogP contribution in [-0.4, -0.2) is 0 Å². The van der Waals surface area contributed by atoms with E-state index >= 15 is 0 Å². The van der Waals surface area contributed by atoms with E-state index in [0.717, 1.165) is 19.3 Å². The molecule has 5 heteroatoms. The smallest absolute Gasteiger partial charge is 0.206 e. The molecule has 1 atom stereocenters. The summed E-state index contributed by atoms with van der Waals surface area (Å²) in [5.74, 6) is 2.75. The van der Waals surface area contributed by atoms with Crippen LogP contribution in [0.5, 0.6) is 0 Å². The van der Waals surface area contributed by atoms with Gasteiger partial charge in [0.15, 0.2) is 0 Å². The summed E-state index contributed by atoms with van der Waals surface area (Å²) in [6.45, 7) is 2.18. The molecular formula is C22H19F5.